The molecule has 2 unspecified atom stereocenters. The molecule has 19 heavy (non-hydrogen) atoms. The van der Waals surface area contributed by atoms with Gasteiger partial charge in [-0.3, -0.25) is 0 Å². The van der Waals surface area contributed by atoms with Gasteiger partial charge in [-0.2, -0.15) is 0 Å². The highest BCUT2D eigenvalue weighted by atomic mass is 32.2. The van der Waals surface area contributed by atoms with Gasteiger partial charge in [-0.05, 0) is 25.2 Å². The first-order chi connectivity index (χ1) is 8.65. The summed E-state index contributed by atoms with van der Waals surface area (Å²) in [5.41, 5.74) is 0.0660. The molecule has 0 aromatic heterocycles. The van der Waals surface area contributed by atoms with Crippen molar-refractivity contribution in [1.29, 1.82) is 0 Å². The Morgan fingerprint density at radius 1 is 1.21 bits per heavy atom. The fraction of sp³-hybridized carbons (Fsp3) is 1.00. The van der Waals surface area contributed by atoms with Crippen LogP contribution in [0.25, 0.3) is 0 Å². The first kappa shape index (κ1) is 16.9. The van der Waals surface area contributed by atoms with Crippen LogP contribution in [0.4, 0.5) is 0 Å². The Morgan fingerprint density at radius 3 is 2.37 bits per heavy atom. The summed E-state index contributed by atoms with van der Waals surface area (Å²) in [6, 6.07) is 0.386. The first-order valence-corrected chi connectivity index (χ1v) is 8.94. The van der Waals surface area contributed by atoms with Crippen LogP contribution in [0.5, 0.6) is 0 Å². The molecule has 1 aliphatic carbocycles. The van der Waals surface area contributed by atoms with Crippen molar-refractivity contribution in [2.45, 2.75) is 77.6 Å². The lowest BCUT2D eigenvalue weighted by atomic mass is 9.74. The third kappa shape index (κ3) is 5.04. The van der Waals surface area contributed by atoms with E-state index in [0.29, 0.717) is 12.6 Å². The Kier molecular flexibility index (Phi) is 5.83. The summed E-state index contributed by atoms with van der Waals surface area (Å²) in [4.78, 5) is 0. The van der Waals surface area contributed by atoms with E-state index in [4.69, 9.17) is 0 Å². The predicted molar refractivity (Wildman–Crippen MR) is 80.7 cm³/mol. The van der Waals surface area contributed by atoms with E-state index in [1.807, 2.05) is 13.8 Å². The Bertz CT molecular complexity index is 377. The third-order valence-corrected chi connectivity index (χ3v) is 6.00. The molecule has 0 aliphatic heterocycles. The summed E-state index contributed by atoms with van der Waals surface area (Å²) >= 11 is 0. The zero-order chi connectivity index (χ0) is 14.7. The number of sulfonamides is 1. The van der Waals surface area contributed by atoms with Gasteiger partial charge in [0, 0.05) is 18.6 Å². The van der Waals surface area contributed by atoms with Crippen LogP contribution in [0.1, 0.15) is 60.3 Å². The molecular formula is C14H30N2O2S. The highest BCUT2D eigenvalue weighted by Gasteiger charge is 2.36. The molecule has 4 nitrogen and oxygen atoms in total. The normalized spacial score (nSPS) is 25.5. The zero-order valence-corrected chi connectivity index (χ0v) is 13.8. The molecule has 114 valence electrons. The summed E-state index contributed by atoms with van der Waals surface area (Å²) in [7, 11) is -3.24. The van der Waals surface area contributed by atoms with Gasteiger partial charge in [-0.15, -0.1) is 0 Å². The number of nitrogens with one attached hydrogen (secondary N) is 2. The van der Waals surface area contributed by atoms with E-state index in [0.717, 1.165) is 19.3 Å². The lowest BCUT2D eigenvalue weighted by molar-refractivity contribution is 0.188. The van der Waals surface area contributed by atoms with E-state index in [-0.39, 0.29) is 11.5 Å². The van der Waals surface area contributed by atoms with Gasteiger partial charge in [-0.1, -0.05) is 40.5 Å². The second-order valence-electron chi connectivity index (χ2n) is 6.82. The van der Waals surface area contributed by atoms with Crippen molar-refractivity contribution in [3.63, 3.8) is 0 Å². The van der Waals surface area contributed by atoms with Crippen molar-refractivity contribution in [3.8, 4) is 0 Å². The van der Waals surface area contributed by atoms with E-state index < -0.39 is 15.3 Å². The molecule has 1 fully saturated rings. The summed E-state index contributed by atoms with van der Waals surface area (Å²) in [5, 5.41) is 2.79. The van der Waals surface area contributed by atoms with Gasteiger partial charge in [0.25, 0.3) is 0 Å². The van der Waals surface area contributed by atoms with Crippen LogP contribution in [-0.4, -0.2) is 32.3 Å². The highest BCUT2D eigenvalue weighted by molar-refractivity contribution is 7.90. The molecule has 1 saturated carbocycles. The van der Waals surface area contributed by atoms with Gasteiger partial charge in [-0.25, -0.2) is 13.1 Å². The van der Waals surface area contributed by atoms with Crippen molar-refractivity contribution in [2.75, 3.05) is 6.54 Å². The van der Waals surface area contributed by atoms with Crippen LogP contribution in [-0.2, 0) is 10.0 Å². The minimum absolute atomic E-state index is 0.0660. The molecule has 1 rings (SSSR count). The minimum Gasteiger partial charge on any atom is -0.313 e. The Hall–Kier alpha value is -0.130. The Morgan fingerprint density at radius 2 is 1.84 bits per heavy atom. The topological polar surface area (TPSA) is 58.2 Å². The largest absolute Gasteiger partial charge is 0.313 e. The molecule has 0 saturated heterocycles. The molecule has 0 aromatic carbocycles. The van der Waals surface area contributed by atoms with Crippen LogP contribution < -0.4 is 10.0 Å². The van der Waals surface area contributed by atoms with Crippen molar-refractivity contribution in [1.82, 2.24) is 10.0 Å². The first-order valence-electron chi connectivity index (χ1n) is 7.39. The van der Waals surface area contributed by atoms with E-state index in [2.05, 4.69) is 23.9 Å². The molecule has 0 aromatic rings. The lowest BCUT2D eigenvalue weighted by Crippen LogP contribution is -2.50. The second kappa shape index (κ2) is 6.55. The minimum atomic E-state index is -3.24. The monoisotopic (exact) mass is 290 g/mol. The lowest BCUT2D eigenvalue weighted by Gasteiger charge is -2.39. The number of hydrogen-bond donors (Lipinski definition) is 2. The number of hydrogen-bond acceptors (Lipinski definition) is 3. The van der Waals surface area contributed by atoms with Gasteiger partial charge in [0.2, 0.25) is 10.0 Å². The van der Waals surface area contributed by atoms with Crippen LogP contribution in [0.3, 0.4) is 0 Å². The van der Waals surface area contributed by atoms with E-state index in [1.165, 1.54) is 6.42 Å². The van der Waals surface area contributed by atoms with Crippen LogP contribution in [0.15, 0.2) is 0 Å². The summed E-state index contributed by atoms with van der Waals surface area (Å²) in [5.74, 6) is 0. The quantitative estimate of drug-likeness (QED) is 0.789. The molecule has 2 N–H and O–H groups in total. The fourth-order valence-corrected chi connectivity index (χ4v) is 3.92. The van der Waals surface area contributed by atoms with Gasteiger partial charge in [0.15, 0.2) is 0 Å². The summed E-state index contributed by atoms with van der Waals surface area (Å²) in [6.07, 6.45) is 4.38. The molecule has 0 bridgehead atoms. The van der Waals surface area contributed by atoms with E-state index >= 15 is 0 Å². The Labute approximate surface area is 118 Å². The van der Waals surface area contributed by atoms with E-state index in [1.54, 1.807) is 6.92 Å². The van der Waals surface area contributed by atoms with Crippen molar-refractivity contribution in [2.24, 2.45) is 5.41 Å². The maximum atomic E-state index is 12.3. The van der Waals surface area contributed by atoms with Crippen molar-refractivity contribution in [3.05, 3.63) is 0 Å². The SMILES string of the molecule is CC(C)NCC(C)S(=O)(=O)NC1CCCCC1(C)C. The molecule has 0 radical (unpaired) electrons. The highest BCUT2D eigenvalue weighted by Crippen LogP contribution is 2.35. The van der Waals surface area contributed by atoms with Crippen LogP contribution in [0, 0.1) is 5.41 Å². The third-order valence-electron chi connectivity index (χ3n) is 4.16. The molecule has 1 aliphatic rings. The van der Waals surface area contributed by atoms with E-state index in [9.17, 15) is 8.42 Å². The molecule has 0 heterocycles. The van der Waals surface area contributed by atoms with Crippen molar-refractivity contribution < 1.29 is 8.42 Å². The van der Waals surface area contributed by atoms with Crippen molar-refractivity contribution >= 4 is 10.0 Å². The average Bonchev–Trinajstić information content (AvgIpc) is 2.28. The van der Waals surface area contributed by atoms with Crippen LogP contribution in [0.2, 0.25) is 0 Å². The molecule has 0 spiro atoms. The summed E-state index contributed by atoms with van der Waals surface area (Å²) < 4.78 is 27.6. The van der Waals surface area contributed by atoms with Gasteiger partial charge in [0.05, 0.1) is 5.25 Å². The van der Waals surface area contributed by atoms with Crippen LogP contribution >= 0.6 is 0 Å². The van der Waals surface area contributed by atoms with Gasteiger partial charge >= 0.3 is 0 Å². The maximum Gasteiger partial charge on any atom is 0.215 e. The smallest absolute Gasteiger partial charge is 0.215 e. The molecule has 2 atom stereocenters. The molecule has 0 amide bonds. The Balaban J connectivity index is 2.62. The molecule has 5 heteroatoms. The maximum absolute atomic E-state index is 12.3. The van der Waals surface area contributed by atoms with Gasteiger partial charge in [0.1, 0.15) is 0 Å². The average molecular weight is 290 g/mol. The van der Waals surface area contributed by atoms with Gasteiger partial charge < -0.3 is 5.32 Å². The predicted octanol–water partition coefficient (Wildman–Crippen LogP) is 2.26. The second-order valence-corrected chi connectivity index (χ2v) is 8.95. The standard InChI is InChI=1S/C14H30N2O2S/c1-11(2)15-10-12(3)19(17,18)16-13-8-6-7-9-14(13,4)5/h11-13,15-16H,6-10H2,1-5H3. The number of rotatable bonds is 6. The molecular weight excluding hydrogens is 260 g/mol. The summed E-state index contributed by atoms with van der Waals surface area (Å²) in [6.45, 7) is 10.6. The fourth-order valence-electron chi connectivity index (χ4n) is 2.54. The zero-order valence-electron chi connectivity index (χ0n) is 13.0.